The zero-order valence-electron chi connectivity index (χ0n) is 10.0. The number of thiophene rings is 1. The Kier molecular flexibility index (Phi) is 4.10. The third-order valence-corrected chi connectivity index (χ3v) is 3.52. The van der Waals surface area contributed by atoms with Gasteiger partial charge in [-0.3, -0.25) is 4.79 Å². The predicted octanol–water partition coefficient (Wildman–Crippen LogP) is 3.31. The van der Waals surface area contributed by atoms with E-state index in [9.17, 15) is 9.18 Å². The highest BCUT2D eigenvalue weighted by Gasteiger charge is 2.10. The molecule has 0 aliphatic heterocycles. The maximum Gasteiger partial charge on any atom is 0.225 e. The Balaban J connectivity index is 1.95. The molecule has 1 N–H and O–H groups in total. The van der Waals surface area contributed by atoms with Gasteiger partial charge in [-0.15, -0.1) is 11.3 Å². The highest BCUT2D eigenvalue weighted by atomic mass is 32.1. The minimum absolute atomic E-state index is 0.0470. The molecule has 0 aliphatic carbocycles. The Morgan fingerprint density at radius 2 is 2.22 bits per heavy atom. The number of benzene rings is 1. The zero-order valence-corrected chi connectivity index (χ0v) is 10.8. The summed E-state index contributed by atoms with van der Waals surface area (Å²) in [5.74, 6) is -0.332. The number of halogens is 1. The van der Waals surface area contributed by atoms with Gasteiger partial charge >= 0.3 is 0 Å². The molecule has 4 heteroatoms. The fourth-order valence-electron chi connectivity index (χ4n) is 1.72. The molecule has 0 fully saturated rings. The number of hydrogen-bond donors (Lipinski definition) is 1. The van der Waals surface area contributed by atoms with Crippen LogP contribution in [0.3, 0.4) is 0 Å². The molecule has 1 aromatic heterocycles. The lowest BCUT2D eigenvalue weighted by Crippen LogP contribution is -2.27. The van der Waals surface area contributed by atoms with Crippen molar-refractivity contribution >= 4 is 17.2 Å². The van der Waals surface area contributed by atoms with Crippen LogP contribution in [0.4, 0.5) is 4.39 Å². The average Bonchev–Trinajstić information content (AvgIpc) is 2.81. The monoisotopic (exact) mass is 263 g/mol. The molecule has 1 heterocycles. The summed E-state index contributed by atoms with van der Waals surface area (Å²) in [6.07, 6.45) is 0.372. The maximum absolute atomic E-state index is 13.1. The molecule has 2 aromatic rings. The van der Waals surface area contributed by atoms with Crippen molar-refractivity contribution in [2.75, 3.05) is 0 Å². The van der Waals surface area contributed by atoms with E-state index in [1.165, 1.54) is 12.1 Å². The van der Waals surface area contributed by atoms with Gasteiger partial charge in [-0.2, -0.15) is 0 Å². The number of nitrogens with one attached hydrogen (secondary N) is 1. The largest absolute Gasteiger partial charge is 0.349 e. The Morgan fingerprint density at radius 3 is 2.89 bits per heavy atom. The second-order valence-electron chi connectivity index (χ2n) is 4.10. The van der Waals surface area contributed by atoms with Crippen molar-refractivity contribution in [1.29, 1.82) is 0 Å². The van der Waals surface area contributed by atoms with Crippen molar-refractivity contribution in [3.05, 3.63) is 58.0 Å². The third-order valence-electron chi connectivity index (χ3n) is 2.64. The molecular formula is C14H14FNOS. The molecule has 0 aliphatic rings. The summed E-state index contributed by atoms with van der Waals surface area (Å²) >= 11 is 1.56. The van der Waals surface area contributed by atoms with E-state index in [0.717, 1.165) is 10.4 Å². The number of amides is 1. The Labute approximate surface area is 109 Å². The van der Waals surface area contributed by atoms with Gasteiger partial charge in [-0.1, -0.05) is 18.2 Å². The minimum Gasteiger partial charge on any atom is -0.349 e. The van der Waals surface area contributed by atoms with E-state index in [2.05, 4.69) is 5.32 Å². The predicted molar refractivity (Wildman–Crippen MR) is 71.0 cm³/mol. The quantitative estimate of drug-likeness (QED) is 0.901. The standard InChI is InChI=1S/C14H14FNOS/c1-10(11-4-2-5-12(15)8-11)16-14(17)9-13-6-3-7-18-13/h2-8,10H,9H2,1H3,(H,16,17)/t10-/m1/s1. The van der Waals surface area contributed by atoms with Crippen LogP contribution in [-0.4, -0.2) is 5.91 Å². The highest BCUT2D eigenvalue weighted by molar-refractivity contribution is 7.10. The van der Waals surface area contributed by atoms with Gasteiger partial charge in [0.25, 0.3) is 0 Å². The Morgan fingerprint density at radius 1 is 1.39 bits per heavy atom. The van der Waals surface area contributed by atoms with Crippen molar-refractivity contribution in [2.45, 2.75) is 19.4 Å². The van der Waals surface area contributed by atoms with E-state index in [0.29, 0.717) is 6.42 Å². The maximum atomic E-state index is 13.1. The fraction of sp³-hybridized carbons (Fsp3) is 0.214. The molecule has 0 saturated carbocycles. The first-order chi connectivity index (χ1) is 8.65. The lowest BCUT2D eigenvalue weighted by molar-refractivity contribution is -0.121. The summed E-state index contributed by atoms with van der Waals surface area (Å²) in [5, 5.41) is 4.81. The smallest absolute Gasteiger partial charge is 0.225 e. The van der Waals surface area contributed by atoms with E-state index in [1.807, 2.05) is 24.4 Å². The van der Waals surface area contributed by atoms with Crippen LogP contribution in [0.1, 0.15) is 23.4 Å². The van der Waals surface area contributed by atoms with Gasteiger partial charge in [-0.05, 0) is 36.1 Å². The first-order valence-corrected chi connectivity index (χ1v) is 6.60. The minimum atomic E-state index is -0.285. The molecule has 0 unspecified atom stereocenters. The van der Waals surface area contributed by atoms with E-state index < -0.39 is 0 Å². The molecule has 0 radical (unpaired) electrons. The van der Waals surface area contributed by atoms with Crippen LogP contribution in [0.25, 0.3) is 0 Å². The van der Waals surface area contributed by atoms with Gasteiger partial charge in [0.1, 0.15) is 5.82 Å². The van der Waals surface area contributed by atoms with E-state index >= 15 is 0 Å². The highest BCUT2D eigenvalue weighted by Crippen LogP contribution is 2.14. The molecule has 0 saturated heterocycles. The summed E-state index contributed by atoms with van der Waals surface area (Å²) in [5.41, 5.74) is 0.773. The molecule has 1 amide bonds. The van der Waals surface area contributed by atoms with Gasteiger partial charge in [0.05, 0.1) is 12.5 Å². The molecule has 0 bridgehead atoms. The molecule has 18 heavy (non-hydrogen) atoms. The number of carbonyl (C=O) groups is 1. The van der Waals surface area contributed by atoms with E-state index in [-0.39, 0.29) is 17.8 Å². The van der Waals surface area contributed by atoms with Gasteiger partial charge in [0.2, 0.25) is 5.91 Å². The third kappa shape index (κ3) is 3.40. The first kappa shape index (κ1) is 12.8. The van der Waals surface area contributed by atoms with E-state index in [4.69, 9.17) is 0 Å². The van der Waals surface area contributed by atoms with Crippen molar-refractivity contribution in [2.24, 2.45) is 0 Å². The molecular weight excluding hydrogens is 249 g/mol. The van der Waals surface area contributed by atoms with Crippen LogP contribution in [0.15, 0.2) is 41.8 Å². The number of rotatable bonds is 4. The summed E-state index contributed by atoms with van der Waals surface area (Å²) in [6, 6.07) is 9.94. The Bertz CT molecular complexity index is 524. The first-order valence-electron chi connectivity index (χ1n) is 5.72. The normalized spacial score (nSPS) is 12.1. The SMILES string of the molecule is C[C@@H](NC(=O)Cc1cccs1)c1cccc(F)c1. The zero-order chi connectivity index (χ0) is 13.0. The van der Waals surface area contributed by atoms with Crippen LogP contribution >= 0.6 is 11.3 Å². The summed E-state index contributed by atoms with van der Waals surface area (Å²) in [7, 11) is 0. The second kappa shape index (κ2) is 5.78. The molecule has 1 atom stereocenters. The van der Waals surface area contributed by atoms with Gasteiger partial charge < -0.3 is 5.32 Å². The van der Waals surface area contributed by atoms with Crippen molar-refractivity contribution in [1.82, 2.24) is 5.32 Å². The lowest BCUT2D eigenvalue weighted by Gasteiger charge is -2.14. The van der Waals surface area contributed by atoms with Crippen LogP contribution < -0.4 is 5.32 Å². The summed E-state index contributed by atoms with van der Waals surface area (Å²) < 4.78 is 13.1. The number of hydrogen-bond acceptors (Lipinski definition) is 2. The van der Waals surface area contributed by atoms with Gasteiger partial charge in [0.15, 0.2) is 0 Å². The Hall–Kier alpha value is -1.68. The second-order valence-corrected chi connectivity index (χ2v) is 5.13. The molecule has 94 valence electrons. The van der Waals surface area contributed by atoms with Crippen molar-refractivity contribution in [3.63, 3.8) is 0 Å². The molecule has 2 rings (SSSR count). The molecule has 2 nitrogen and oxygen atoms in total. The summed E-state index contributed by atoms with van der Waals surface area (Å²) in [6.45, 7) is 1.85. The molecule has 0 spiro atoms. The van der Waals surface area contributed by atoms with Gasteiger partial charge in [0, 0.05) is 4.88 Å². The fourth-order valence-corrected chi connectivity index (χ4v) is 2.43. The average molecular weight is 263 g/mol. The van der Waals surface area contributed by atoms with E-state index in [1.54, 1.807) is 23.5 Å². The van der Waals surface area contributed by atoms with Crippen molar-refractivity contribution < 1.29 is 9.18 Å². The lowest BCUT2D eigenvalue weighted by atomic mass is 10.1. The summed E-state index contributed by atoms with van der Waals surface area (Å²) in [4.78, 5) is 12.8. The van der Waals surface area contributed by atoms with Gasteiger partial charge in [-0.25, -0.2) is 4.39 Å². The number of carbonyl (C=O) groups excluding carboxylic acids is 1. The van der Waals surface area contributed by atoms with Crippen LogP contribution in [-0.2, 0) is 11.2 Å². The van der Waals surface area contributed by atoms with Crippen LogP contribution in [0.2, 0.25) is 0 Å². The topological polar surface area (TPSA) is 29.1 Å². The molecule has 1 aromatic carbocycles. The van der Waals surface area contributed by atoms with Crippen LogP contribution in [0, 0.1) is 5.82 Å². The van der Waals surface area contributed by atoms with Crippen LogP contribution in [0.5, 0.6) is 0 Å². The van der Waals surface area contributed by atoms with Crippen molar-refractivity contribution in [3.8, 4) is 0 Å².